The molecule has 1 saturated carbocycles. The molecule has 0 amide bonds. The minimum Gasteiger partial charge on any atom is -0.314 e. The van der Waals surface area contributed by atoms with Crippen LogP contribution < -0.4 is 5.32 Å². The Morgan fingerprint density at radius 2 is 2.28 bits per heavy atom. The Hall–Kier alpha value is -2.50. The van der Waals surface area contributed by atoms with E-state index in [4.69, 9.17) is 11.6 Å². The summed E-state index contributed by atoms with van der Waals surface area (Å²) >= 11 is 7.62. The van der Waals surface area contributed by atoms with Crippen LogP contribution in [-0.4, -0.2) is 24.1 Å². The third kappa shape index (κ3) is 3.34. The van der Waals surface area contributed by atoms with E-state index in [2.05, 4.69) is 30.8 Å². The Morgan fingerprint density at radius 3 is 2.96 bits per heavy atom. The Bertz CT molecular complexity index is 967. The lowest BCUT2D eigenvalue weighted by atomic mass is 10.1. The van der Waals surface area contributed by atoms with E-state index in [1.807, 2.05) is 19.2 Å². The number of hydrogen-bond donors (Lipinski definition) is 1. The first-order valence-corrected chi connectivity index (χ1v) is 8.89. The van der Waals surface area contributed by atoms with Crippen LogP contribution in [0, 0.1) is 23.7 Å². The molecule has 1 aliphatic rings. The zero-order chi connectivity index (χ0) is 17.4. The van der Waals surface area contributed by atoms with Crippen LogP contribution in [0.25, 0.3) is 11.3 Å². The molecule has 7 nitrogen and oxygen atoms in total. The minimum atomic E-state index is -0.254. The molecule has 0 radical (unpaired) electrons. The van der Waals surface area contributed by atoms with E-state index >= 15 is 0 Å². The standard InChI is InChI=1S/C16H14ClN7S/c1-10-4-13(25-23-10)21-15-19-6-12(17)14(22-15)11-5-20-24(7-11)9-16(8-18)2-3-16/h4-7H,2-3,9H2,1H3,(H,19,21,22). The molecule has 1 N–H and O–H groups in total. The summed E-state index contributed by atoms with van der Waals surface area (Å²) in [5.41, 5.74) is 2.09. The molecule has 1 fully saturated rings. The number of hydrogen-bond acceptors (Lipinski definition) is 7. The highest BCUT2D eigenvalue weighted by Gasteiger charge is 2.43. The van der Waals surface area contributed by atoms with Gasteiger partial charge in [-0.2, -0.15) is 14.7 Å². The monoisotopic (exact) mass is 371 g/mol. The number of rotatable bonds is 5. The summed E-state index contributed by atoms with van der Waals surface area (Å²) in [5, 5.41) is 18.0. The van der Waals surface area contributed by atoms with E-state index in [0.29, 0.717) is 23.2 Å². The first kappa shape index (κ1) is 16.0. The normalized spacial score (nSPS) is 14.9. The van der Waals surface area contributed by atoms with Gasteiger partial charge < -0.3 is 5.32 Å². The van der Waals surface area contributed by atoms with Gasteiger partial charge in [-0.1, -0.05) is 11.6 Å². The molecule has 126 valence electrons. The van der Waals surface area contributed by atoms with E-state index in [1.54, 1.807) is 17.1 Å². The fourth-order valence-electron chi connectivity index (χ4n) is 2.50. The Kier molecular flexibility index (Phi) is 3.90. The van der Waals surface area contributed by atoms with E-state index < -0.39 is 0 Å². The molecule has 9 heteroatoms. The lowest BCUT2D eigenvalue weighted by Gasteiger charge is -2.06. The van der Waals surface area contributed by atoms with E-state index in [1.165, 1.54) is 11.5 Å². The minimum absolute atomic E-state index is 0.254. The molecule has 0 spiro atoms. The summed E-state index contributed by atoms with van der Waals surface area (Å²) in [6.45, 7) is 2.52. The maximum atomic E-state index is 9.22. The van der Waals surface area contributed by atoms with Gasteiger partial charge in [0, 0.05) is 11.8 Å². The summed E-state index contributed by atoms with van der Waals surface area (Å²) in [6, 6.07) is 4.30. The molecular formula is C16H14ClN7S. The van der Waals surface area contributed by atoms with Gasteiger partial charge in [-0.25, -0.2) is 9.97 Å². The number of aromatic nitrogens is 5. The molecule has 0 atom stereocenters. The van der Waals surface area contributed by atoms with Gasteiger partial charge in [0.25, 0.3) is 0 Å². The molecule has 0 saturated heterocycles. The van der Waals surface area contributed by atoms with Gasteiger partial charge in [0.2, 0.25) is 5.95 Å². The predicted molar refractivity (Wildman–Crippen MR) is 95.7 cm³/mol. The highest BCUT2D eigenvalue weighted by molar-refractivity contribution is 7.10. The molecule has 0 unspecified atom stereocenters. The second-order valence-corrected chi connectivity index (χ2v) is 7.38. The highest BCUT2D eigenvalue weighted by Crippen LogP contribution is 2.46. The molecule has 0 aromatic carbocycles. The van der Waals surface area contributed by atoms with Crippen molar-refractivity contribution in [1.29, 1.82) is 5.26 Å². The van der Waals surface area contributed by atoms with Gasteiger partial charge in [0.1, 0.15) is 5.00 Å². The van der Waals surface area contributed by atoms with E-state index in [9.17, 15) is 5.26 Å². The molecule has 4 rings (SSSR count). The smallest absolute Gasteiger partial charge is 0.228 e. The van der Waals surface area contributed by atoms with Crippen LogP contribution in [0.5, 0.6) is 0 Å². The van der Waals surface area contributed by atoms with Crippen molar-refractivity contribution in [2.45, 2.75) is 26.3 Å². The second-order valence-electron chi connectivity index (χ2n) is 6.17. The van der Waals surface area contributed by atoms with Crippen molar-refractivity contribution >= 4 is 34.1 Å². The van der Waals surface area contributed by atoms with Gasteiger partial charge in [-0.3, -0.25) is 4.68 Å². The Morgan fingerprint density at radius 1 is 1.44 bits per heavy atom. The topological polar surface area (TPSA) is 92.3 Å². The molecule has 0 bridgehead atoms. The highest BCUT2D eigenvalue weighted by atomic mass is 35.5. The average Bonchev–Trinajstić information content (AvgIpc) is 3.01. The van der Waals surface area contributed by atoms with Crippen molar-refractivity contribution in [3.8, 4) is 17.3 Å². The van der Waals surface area contributed by atoms with Crippen molar-refractivity contribution in [1.82, 2.24) is 24.1 Å². The predicted octanol–water partition coefficient (Wildman–Crippen LogP) is 3.81. The number of halogens is 1. The largest absolute Gasteiger partial charge is 0.314 e. The molecule has 3 aromatic rings. The fourth-order valence-corrected chi connectivity index (χ4v) is 3.36. The number of aryl methyl sites for hydroxylation is 1. The van der Waals surface area contributed by atoms with Gasteiger partial charge >= 0.3 is 0 Å². The van der Waals surface area contributed by atoms with Crippen LogP contribution >= 0.6 is 23.1 Å². The molecular weight excluding hydrogens is 358 g/mol. The number of nitriles is 1. The van der Waals surface area contributed by atoms with Gasteiger partial charge in [-0.05, 0) is 37.4 Å². The lowest BCUT2D eigenvalue weighted by Crippen LogP contribution is -2.09. The van der Waals surface area contributed by atoms with E-state index in [-0.39, 0.29) is 5.41 Å². The Labute approximate surface area is 153 Å². The first-order chi connectivity index (χ1) is 12.1. The molecule has 3 heterocycles. The van der Waals surface area contributed by atoms with Crippen LogP contribution in [-0.2, 0) is 6.54 Å². The van der Waals surface area contributed by atoms with Crippen LogP contribution in [0.15, 0.2) is 24.7 Å². The summed E-state index contributed by atoms with van der Waals surface area (Å²) in [5.74, 6) is 0.450. The number of anilines is 2. The van der Waals surface area contributed by atoms with Crippen LogP contribution in [0.3, 0.4) is 0 Å². The number of nitrogens with one attached hydrogen (secondary N) is 1. The molecule has 1 aliphatic carbocycles. The molecule has 25 heavy (non-hydrogen) atoms. The Balaban J connectivity index is 1.58. The third-order valence-corrected chi connectivity index (χ3v) is 5.14. The second kappa shape index (κ2) is 6.10. The SMILES string of the molecule is Cc1cc(Nc2ncc(Cl)c(-c3cnn(CC4(C#N)CC4)c3)n2)sn1. The quantitative estimate of drug-likeness (QED) is 0.733. The van der Waals surface area contributed by atoms with Crippen molar-refractivity contribution in [3.05, 3.63) is 35.4 Å². The van der Waals surface area contributed by atoms with Gasteiger partial charge in [0.05, 0.1) is 46.8 Å². The van der Waals surface area contributed by atoms with Crippen LogP contribution in [0.2, 0.25) is 5.02 Å². The average molecular weight is 372 g/mol. The molecule has 3 aromatic heterocycles. The van der Waals surface area contributed by atoms with E-state index in [0.717, 1.165) is 29.1 Å². The van der Waals surface area contributed by atoms with Gasteiger partial charge in [0.15, 0.2) is 0 Å². The maximum absolute atomic E-state index is 9.22. The summed E-state index contributed by atoms with van der Waals surface area (Å²) in [7, 11) is 0. The van der Waals surface area contributed by atoms with Crippen LogP contribution in [0.4, 0.5) is 10.9 Å². The maximum Gasteiger partial charge on any atom is 0.228 e. The summed E-state index contributed by atoms with van der Waals surface area (Å²) in [4.78, 5) is 8.71. The third-order valence-electron chi connectivity index (χ3n) is 4.07. The molecule has 0 aliphatic heterocycles. The van der Waals surface area contributed by atoms with Crippen molar-refractivity contribution in [3.63, 3.8) is 0 Å². The van der Waals surface area contributed by atoms with Gasteiger partial charge in [-0.15, -0.1) is 0 Å². The lowest BCUT2D eigenvalue weighted by molar-refractivity contribution is 0.486. The summed E-state index contributed by atoms with van der Waals surface area (Å²) in [6.07, 6.45) is 6.99. The van der Waals surface area contributed by atoms with Crippen LogP contribution in [0.1, 0.15) is 18.5 Å². The van der Waals surface area contributed by atoms with Crippen molar-refractivity contribution in [2.24, 2.45) is 5.41 Å². The zero-order valence-corrected chi connectivity index (χ0v) is 15.0. The summed E-state index contributed by atoms with van der Waals surface area (Å²) < 4.78 is 6.00. The fraction of sp³-hybridized carbons (Fsp3) is 0.312. The number of nitrogens with zero attached hydrogens (tertiary/aromatic N) is 6. The van der Waals surface area contributed by atoms with Crippen molar-refractivity contribution in [2.75, 3.05) is 5.32 Å². The van der Waals surface area contributed by atoms with Crippen molar-refractivity contribution < 1.29 is 0 Å². The first-order valence-electron chi connectivity index (χ1n) is 7.74. The zero-order valence-electron chi connectivity index (χ0n) is 13.4.